The molecule has 0 radical (unpaired) electrons. The molecular weight excluding hydrogens is 274 g/mol. The third-order valence-corrected chi connectivity index (χ3v) is 2.88. The Morgan fingerprint density at radius 3 is 2.79 bits per heavy atom. The minimum absolute atomic E-state index is 0.0139. The summed E-state index contributed by atoms with van der Waals surface area (Å²) in [6, 6.07) is 0. The van der Waals surface area contributed by atoms with Crippen LogP contribution in [0.15, 0.2) is 16.5 Å². The summed E-state index contributed by atoms with van der Waals surface area (Å²) >= 11 is 1.01. The van der Waals surface area contributed by atoms with Crippen molar-refractivity contribution < 1.29 is 4.92 Å². The van der Waals surface area contributed by atoms with Crippen LogP contribution in [0.2, 0.25) is 0 Å². The van der Waals surface area contributed by atoms with E-state index in [1.165, 1.54) is 0 Å². The fourth-order valence-electron chi connectivity index (χ4n) is 1.37. The summed E-state index contributed by atoms with van der Waals surface area (Å²) in [5, 5.41) is 15.3. The lowest BCUT2D eigenvalue weighted by Crippen LogP contribution is -2.14. The Labute approximate surface area is 109 Å². The summed E-state index contributed by atoms with van der Waals surface area (Å²) in [6.07, 6.45) is 1.14. The van der Waals surface area contributed by atoms with E-state index in [4.69, 9.17) is 5.84 Å². The van der Waals surface area contributed by atoms with Crippen LogP contribution in [0.25, 0.3) is 0 Å². The van der Waals surface area contributed by atoms with E-state index >= 15 is 0 Å². The molecule has 2 rings (SSSR count). The van der Waals surface area contributed by atoms with Crippen LogP contribution in [0.3, 0.4) is 0 Å². The number of nitrogens with one attached hydrogen (secondary N) is 3. The van der Waals surface area contributed by atoms with Crippen molar-refractivity contribution >= 4 is 28.7 Å². The molecule has 10 nitrogen and oxygen atoms in total. The summed E-state index contributed by atoms with van der Waals surface area (Å²) in [5.41, 5.74) is 2.37. The van der Waals surface area contributed by atoms with Crippen molar-refractivity contribution in [1.29, 1.82) is 0 Å². The van der Waals surface area contributed by atoms with Gasteiger partial charge < -0.3 is 15.7 Å². The van der Waals surface area contributed by atoms with Crippen molar-refractivity contribution in [3.63, 3.8) is 0 Å². The molecule has 0 unspecified atom stereocenters. The van der Waals surface area contributed by atoms with Crippen LogP contribution >= 0.6 is 11.3 Å². The van der Waals surface area contributed by atoms with Crippen molar-refractivity contribution in [3.05, 3.63) is 37.2 Å². The lowest BCUT2D eigenvalue weighted by Gasteiger charge is -2.06. The van der Waals surface area contributed by atoms with Gasteiger partial charge in [-0.2, -0.15) is 0 Å². The molecule has 19 heavy (non-hydrogen) atoms. The zero-order chi connectivity index (χ0) is 13.8. The van der Waals surface area contributed by atoms with Gasteiger partial charge in [-0.3, -0.25) is 14.9 Å². The average molecular weight is 283 g/mol. The molecule has 2 heterocycles. The van der Waals surface area contributed by atoms with Crippen LogP contribution in [0.1, 0.15) is 5.69 Å². The lowest BCUT2D eigenvalue weighted by molar-refractivity contribution is -0.383. The minimum Gasteiger partial charge on any atom is -0.359 e. The van der Waals surface area contributed by atoms with Crippen molar-refractivity contribution in [2.24, 2.45) is 5.84 Å². The third kappa shape index (κ3) is 2.83. The van der Waals surface area contributed by atoms with Crippen LogP contribution in [-0.4, -0.2) is 19.9 Å². The molecule has 2 aromatic heterocycles. The van der Waals surface area contributed by atoms with Crippen LogP contribution in [-0.2, 0) is 6.54 Å². The second-order valence-electron chi connectivity index (χ2n) is 3.35. The van der Waals surface area contributed by atoms with E-state index in [0.717, 1.165) is 17.7 Å². The summed E-state index contributed by atoms with van der Waals surface area (Å²) in [5.74, 6) is 5.07. The molecule has 0 aliphatic carbocycles. The number of hydrazine groups is 1. The van der Waals surface area contributed by atoms with Gasteiger partial charge in [-0.25, -0.2) is 15.8 Å². The van der Waals surface area contributed by atoms with Gasteiger partial charge in [-0.05, 0) is 0 Å². The number of nitro groups is 1. The molecule has 0 fully saturated rings. The number of rotatable bonds is 5. The number of thiazole rings is 1. The van der Waals surface area contributed by atoms with E-state index in [1.807, 2.05) is 0 Å². The minimum atomic E-state index is -0.645. The standard InChI is InChI=1S/C8H9N7O3S/c9-14-7-5(15(17)18)6(11-3-12-7)10-1-4-2-19-8(16)13-4/h2-3H,1,9H2,(H,13,16)(H2,10,11,12,14). The Morgan fingerprint density at radius 2 is 2.21 bits per heavy atom. The molecule has 0 saturated carbocycles. The number of nitrogens with two attached hydrogens (primary N) is 1. The van der Waals surface area contributed by atoms with Crippen LogP contribution < -0.4 is 21.5 Å². The SMILES string of the molecule is NNc1ncnc(NCc2csc(=O)[nH]2)c1[N+](=O)[O-]. The Kier molecular flexibility index (Phi) is 3.68. The number of aromatic amines is 1. The molecule has 5 N–H and O–H groups in total. The van der Waals surface area contributed by atoms with E-state index in [1.54, 1.807) is 5.38 Å². The average Bonchev–Trinajstić information content (AvgIpc) is 2.81. The van der Waals surface area contributed by atoms with E-state index in [0.29, 0.717) is 5.69 Å². The van der Waals surface area contributed by atoms with Crippen molar-refractivity contribution in [2.75, 3.05) is 10.7 Å². The van der Waals surface area contributed by atoms with Crippen LogP contribution in [0, 0.1) is 10.1 Å². The number of anilines is 2. The first-order valence-electron chi connectivity index (χ1n) is 4.98. The first-order valence-corrected chi connectivity index (χ1v) is 5.86. The largest absolute Gasteiger partial charge is 0.359 e. The van der Waals surface area contributed by atoms with E-state index in [2.05, 4.69) is 25.7 Å². The first-order chi connectivity index (χ1) is 9.11. The number of H-pyrrole nitrogens is 1. The highest BCUT2D eigenvalue weighted by Gasteiger charge is 2.22. The maximum absolute atomic E-state index is 11.0. The highest BCUT2D eigenvalue weighted by atomic mass is 32.1. The molecule has 0 aromatic carbocycles. The predicted molar refractivity (Wildman–Crippen MR) is 68.8 cm³/mol. The van der Waals surface area contributed by atoms with E-state index < -0.39 is 4.92 Å². The normalized spacial score (nSPS) is 10.2. The van der Waals surface area contributed by atoms with Gasteiger partial charge in [-0.15, -0.1) is 0 Å². The van der Waals surface area contributed by atoms with Gasteiger partial charge in [0.25, 0.3) is 0 Å². The molecule has 100 valence electrons. The first kappa shape index (κ1) is 12.9. The third-order valence-electron chi connectivity index (χ3n) is 2.16. The number of nitrogens with zero attached hydrogens (tertiary/aromatic N) is 3. The number of hydrogen-bond donors (Lipinski definition) is 4. The molecule has 0 aliphatic rings. The van der Waals surface area contributed by atoms with Gasteiger partial charge in [-0.1, -0.05) is 11.3 Å². The highest BCUT2D eigenvalue weighted by molar-refractivity contribution is 7.07. The number of hydrogen-bond acceptors (Lipinski definition) is 9. The summed E-state index contributed by atoms with van der Waals surface area (Å²) in [6.45, 7) is 0.195. The van der Waals surface area contributed by atoms with E-state index in [-0.39, 0.29) is 28.7 Å². The van der Waals surface area contributed by atoms with Gasteiger partial charge >= 0.3 is 10.6 Å². The lowest BCUT2D eigenvalue weighted by atomic mass is 10.4. The molecule has 0 bridgehead atoms. The summed E-state index contributed by atoms with van der Waals surface area (Å²) in [7, 11) is 0. The Morgan fingerprint density at radius 1 is 1.47 bits per heavy atom. The van der Waals surface area contributed by atoms with E-state index in [9.17, 15) is 14.9 Å². The Hall–Kier alpha value is -2.53. The maximum atomic E-state index is 11.0. The van der Waals surface area contributed by atoms with Crippen LogP contribution in [0.4, 0.5) is 17.3 Å². The molecule has 2 aromatic rings. The molecule has 0 atom stereocenters. The van der Waals surface area contributed by atoms with Crippen molar-refractivity contribution in [2.45, 2.75) is 6.54 Å². The molecule has 0 aliphatic heterocycles. The van der Waals surface area contributed by atoms with Gasteiger partial charge in [0.2, 0.25) is 11.6 Å². The second-order valence-corrected chi connectivity index (χ2v) is 4.19. The fraction of sp³-hybridized carbons (Fsp3) is 0.125. The van der Waals surface area contributed by atoms with Crippen LogP contribution in [0.5, 0.6) is 0 Å². The topological polar surface area (TPSA) is 152 Å². The smallest absolute Gasteiger partial charge is 0.354 e. The molecular formula is C8H9N7O3S. The number of aromatic nitrogens is 3. The molecule has 0 spiro atoms. The van der Waals surface area contributed by atoms with Gasteiger partial charge in [0, 0.05) is 11.1 Å². The highest BCUT2D eigenvalue weighted by Crippen LogP contribution is 2.28. The fourth-order valence-corrected chi connectivity index (χ4v) is 1.95. The second kappa shape index (κ2) is 5.41. The monoisotopic (exact) mass is 283 g/mol. The summed E-state index contributed by atoms with van der Waals surface area (Å²) < 4.78 is 0. The van der Waals surface area contributed by atoms with Gasteiger partial charge in [0.1, 0.15) is 6.33 Å². The quantitative estimate of drug-likeness (QED) is 0.340. The molecule has 0 amide bonds. The predicted octanol–water partition coefficient (Wildman–Crippen LogP) is 0.0323. The van der Waals surface area contributed by atoms with Gasteiger partial charge in [0.15, 0.2) is 0 Å². The Balaban J connectivity index is 2.24. The van der Waals surface area contributed by atoms with Crippen molar-refractivity contribution in [1.82, 2.24) is 15.0 Å². The summed E-state index contributed by atoms with van der Waals surface area (Å²) in [4.78, 5) is 31.1. The zero-order valence-corrected chi connectivity index (χ0v) is 10.2. The zero-order valence-electron chi connectivity index (χ0n) is 9.41. The maximum Gasteiger partial charge on any atom is 0.354 e. The number of nitrogen functional groups attached to an aromatic ring is 1. The van der Waals surface area contributed by atoms with Crippen molar-refractivity contribution in [3.8, 4) is 0 Å². The molecule has 0 saturated heterocycles. The molecule has 11 heteroatoms. The Bertz CT molecular complexity index is 652. The van der Waals surface area contributed by atoms with Gasteiger partial charge in [0.05, 0.1) is 11.5 Å².